The van der Waals surface area contributed by atoms with Crippen molar-refractivity contribution in [3.8, 4) is 0 Å². The van der Waals surface area contributed by atoms with Crippen LogP contribution in [0.4, 0.5) is 5.69 Å². The number of carboxylic acids is 1. The Morgan fingerprint density at radius 1 is 1.43 bits per heavy atom. The first-order valence-electron chi connectivity index (χ1n) is 7.08. The second-order valence-corrected chi connectivity index (χ2v) is 6.73. The smallest absolute Gasteiger partial charge is 0.338 e. The maximum Gasteiger partial charge on any atom is 0.338 e. The van der Waals surface area contributed by atoms with Crippen molar-refractivity contribution in [3.05, 3.63) is 29.3 Å². The first-order chi connectivity index (χ1) is 9.70. The number of amides is 1. The van der Waals surface area contributed by atoms with Crippen molar-refractivity contribution in [2.24, 2.45) is 11.3 Å². The van der Waals surface area contributed by atoms with E-state index >= 15 is 0 Å². The summed E-state index contributed by atoms with van der Waals surface area (Å²) >= 11 is 0. The number of rotatable bonds is 3. The second-order valence-electron chi connectivity index (χ2n) is 6.73. The fraction of sp³-hybridized carbons (Fsp3) is 0.500. The van der Waals surface area contributed by atoms with Gasteiger partial charge in [0, 0.05) is 25.2 Å². The Kier molecular flexibility index (Phi) is 3.94. The van der Waals surface area contributed by atoms with Gasteiger partial charge in [0.1, 0.15) is 0 Å². The Morgan fingerprint density at radius 2 is 2.10 bits per heavy atom. The molecule has 1 aromatic carbocycles. The molecule has 0 spiro atoms. The number of aromatic carboxylic acids is 1. The van der Waals surface area contributed by atoms with Crippen molar-refractivity contribution in [1.29, 1.82) is 0 Å². The molecule has 0 radical (unpaired) electrons. The van der Waals surface area contributed by atoms with Crippen LogP contribution in [0.1, 0.15) is 43.1 Å². The largest absolute Gasteiger partial charge is 0.478 e. The molecule has 1 aliphatic heterocycles. The predicted molar refractivity (Wildman–Crippen MR) is 80.8 cm³/mol. The third kappa shape index (κ3) is 3.17. The molecular formula is C16H22N2O3. The van der Waals surface area contributed by atoms with E-state index in [1.165, 1.54) is 0 Å². The van der Waals surface area contributed by atoms with E-state index in [0.29, 0.717) is 31.0 Å². The number of likely N-dealkylation sites (tertiary alicyclic amines) is 1. The van der Waals surface area contributed by atoms with Gasteiger partial charge in [0.25, 0.3) is 0 Å². The molecule has 1 aromatic rings. The lowest BCUT2D eigenvalue weighted by Crippen LogP contribution is -2.28. The molecule has 5 heteroatoms. The predicted octanol–water partition coefficient (Wildman–Crippen LogP) is 2.36. The highest BCUT2D eigenvalue weighted by Gasteiger charge is 2.37. The highest BCUT2D eigenvalue weighted by Crippen LogP contribution is 2.35. The summed E-state index contributed by atoms with van der Waals surface area (Å²) in [5, 5.41) is 9.28. The lowest BCUT2D eigenvalue weighted by Gasteiger charge is -2.26. The van der Waals surface area contributed by atoms with E-state index < -0.39 is 5.97 Å². The highest BCUT2D eigenvalue weighted by molar-refractivity contribution is 5.95. The van der Waals surface area contributed by atoms with E-state index in [0.717, 1.165) is 0 Å². The first kappa shape index (κ1) is 15.4. The monoisotopic (exact) mass is 290 g/mol. The molecule has 1 saturated heterocycles. The summed E-state index contributed by atoms with van der Waals surface area (Å²) in [6.07, 6.45) is 0.522. The minimum absolute atomic E-state index is 0.0652. The molecule has 2 rings (SSSR count). The summed E-state index contributed by atoms with van der Waals surface area (Å²) in [5.41, 5.74) is 6.73. The van der Waals surface area contributed by atoms with Crippen molar-refractivity contribution >= 4 is 17.6 Å². The SMILES string of the molecule is CC(C)(C)C1CC(=O)N(Cc2cccc(N)c2C(=O)O)C1. The Bertz CT molecular complexity index is 575. The Balaban J connectivity index is 2.22. The van der Waals surface area contributed by atoms with Crippen LogP contribution in [0.5, 0.6) is 0 Å². The molecule has 1 atom stereocenters. The fourth-order valence-electron chi connectivity index (χ4n) is 2.72. The number of nitrogens with zero attached hydrogens (tertiary/aromatic N) is 1. The Labute approximate surface area is 124 Å². The fourth-order valence-corrected chi connectivity index (χ4v) is 2.72. The van der Waals surface area contributed by atoms with E-state index in [-0.39, 0.29) is 22.6 Å². The van der Waals surface area contributed by atoms with Gasteiger partial charge < -0.3 is 15.7 Å². The minimum Gasteiger partial charge on any atom is -0.478 e. The standard InChI is InChI=1S/C16H22N2O3/c1-16(2,3)11-7-13(19)18(9-11)8-10-5-4-6-12(17)14(10)15(20)21/h4-6,11H,7-9,17H2,1-3H3,(H,20,21). The van der Waals surface area contributed by atoms with Gasteiger partial charge in [0.15, 0.2) is 0 Å². The average molecular weight is 290 g/mol. The Hall–Kier alpha value is -2.04. The summed E-state index contributed by atoms with van der Waals surface area (Å²) < 4.78 is 0. The molecule has 21 heavy (non-hydrogen) atoms. The van der Waals surface area contributed by atoms with Gasteiger partial charge in [-0.2, -0.15) is 0 Å². The van der Waals surface area contributed by atoms with Crippen LogP contribution in [0.15, 0.2) is 18.2 Å². The summed E-state index contributed by atoms with van der Waals surface area (Å²) in [7, 11) is 0. The van der Waals surface area contributed by atoms with Crippen molar-refractivity contribution in [2.45, 2.75) is 33.7 Å². The van der Waals surface area contributed by atoms with Crippen molar-refractivity contribution in [1.82, 2.24) is 4.90 Å². The van der Waals surface area contributed by atoms with Gasteiger partial charge in [-0.3, -0.25) is 4.79 Å². The van der Waals surface area contributed by atoms with Crippen LogP contribution in [-0.2, 0) is 11.3 Å². The Morgan fingerprint density at radius 3 is 2.62 bits per heavy atom. The number of carbonyl (C=O) groups excluding carboxylic acids is 1. The average Bonchev–Trinajstić information content (AvgIpc) is 2.70. The molecule has 5 nitrogen and oxygen atoms in total. The zero-order chi connectivity index (χ0) is 15.8. The maximum absolute atomic E-state index is 12.1. The van der Waals surface area contributed by atoms with Gasteiger partial charge in [-0.05, 0) is 23.0 Å². The molecule has 0 saturated carbocycles. The normalized spacial score (nSPS) is 19.1. The zero-order valence-corrected chi connectivity index (χ0v) is 12.7. The molecule has 1 fully saturated rings. The number of nitrogen functional groups attached to an aromatic ring is 1. The van der Waals surface area contributed by atoms with E-state index in [4.69, 9.17) is 5.73 Å². The lowest BCUT2D eigenvalue weighted by molar-refractivity contribution is -0.128. The summed E-state index contributed by atoms with van der Waals surface area (Å²) in [6, 6.07) is 5.01. The number of nitrogens with two attached hydrogens (primary N) is 1. The second kappa shape index (κ2) is 5.39. The third-order valence-corrected chi connectivity index (χ3v) is 4.20. The van der Waals surface area contributed by atoms with E-state index in [2.05, 4.69) is 20.8 Å². The molecule has 114 valence electrons. The molecule has 1 unspecified atom stereocenters. The topological polar surface area (TPSA) is 83.6 Å². The summed E-state index contributed by atoms with van der Waals surface area (Å²) in [4.78, 5) is 25.2. The third-order valence-electron chi connectivity index (χ3n) is 4.20. The molecule has 3 N–H and O–H groups in total. The number of carboxylic acid groups (broad SMARTS) is 1. The number of anilines is 1. The summed E-state index contributed by atoms with van der Waals surface area (Å²) in [5.74, 6) is -0.685. The van der Waals surface area contributed by atoms with Crippen LogP contribution in [0.3, 0.4) is 0 Å². The molecule has 0 bridgehead atoms. The van der Waals surface area contributed by atoms with Crippen LogP contribution in [-0.4, -0.2) is 28.4 Å². The van der Waals surface area contributed by atoms with Crippen LogP contribution < -0.4 is 5.73 Å². The van der Waals surface area contributed by atoms with Gasteiger partial charge in [0.05, 0.1) is 5.56 Å². The van der Waals surface area contributed by atoms with Crippen molar-refractivity contribution in [2.75, 3.05) is 12.3 Å². The number of hydrogen-bond acceptors (Lipinski definition) is 3. The quantitative estimate of drug-likeness (QED) is 0.837. The van der Waals surface area contributed by atoms with Gasteiger partial charge in [-0.25, -0.2) is 4.79 Å². The van der Waals surface area contributed by atoms with Crippen LogP contribution in [0.2, 0.25) is 0 Å². The minimum atomic E-state index is -1.05. The van der Waals surface area contributed by atoms with Gasteiger partial charge in [0.2, 0.25) is 5.91 Å². The zero-order valence-electron chi connectivity index (χ0n) is 12.7. The number of benzene rings is 1. The molecule has 1 aliphatic rings. The van der Waals surface area contributed by atoms with E-state index in [1.807, 2.05) is 0 Å². The lowest BCUT2D eigenvalue weighted by atomic mass is 9.80. The van der Waals surface area contributed by atoms with Crippen LogP contribution in [0, 0.1) is 11.3 Å². The van der Waals surface area contributed by atoms with Crippen molar-refractivity contribution < 1.29 is 14.7 Å². The number of carbonyl (C=O) groups is 2. The first-order valence-corrected chi connectivity index (χ1v) is 7.08. The van der Waals surface area contributed by atoms with Gasteiger partial charge in [-0.1, -0.05) is 32.9 Å². The van der Waals surface area contributed by atoms with Gasteiger partial charge >= 0.3 is 5.97 Å². The molecule has 0 aromatic heterocycles. The van der Waals surface area contributed by atoms with Crippen LogP contribution >= 0.6 is 0 Å². The van der Waals surface area contributed by atoms with Crippen molar-refractivity contribution in [3.63, 3.8) is 0 Å². The molecule has 1 heterocycles. The summed E-state index contributed by atoms with van der Waals surface area (Å²) in [6.45, 7) is 7.33. The van der Waals surface area contributed by atoms with E-state index in [1.54, 1.807) is 23.1 Å². The molecule has 0 aliphatic carbocycles. The molecule has 1 amide bonds. The van der Waals surface area contributed by atoms with E-state index in [9.17, 15) is 14.7 Å². The highest BCUT2D eigenvalue weighted by atomic mass is 16.4. The molecular weight excluding hydrogens is 268 g/mol. The van der Waals surface area contributed by atoms with Gasteiger partial charge in [-0.15, -0.1) is 0 Å². The number of hydrogen-bond donors (Lipinski definition) is 2. The van der Waals surface area contributed by atoms with Crippen LogP contribution in [0.25, 0.3) is 0 Å². The maximum atomic E-state index is 12.1.